The lowest BCUT2D eigenvalue weighted by Crippen LogP contribution is -2.18. The molecular weight excluding hydrogens is 208 g/mol. The molecule has 94 valence electrons. The molecular formula is C16H24O. The number of benzene rings is 1. The van der Waals surface area contributed by atoms with Gasteiger partial charge in [0.25, 0.3) is 0 Å². The predicted molar refractivity (Wildman–Crippen MR) is 74.0 cm³/mol. The van der Waals surface area contributed by atoms with Gasteiger partial charge in [0.2, 0.25) is 0 Å². The Labute approximate surface area is 105 Å². The second-order valence-corrected chi connectivity index (χ2v) is 4.63. The molecule has 0 bridgehead atoms. The molecule has 0 aliphatic heterocycles. The summed E-state index contributed by atoms with van der Waals surface area (Å²) in [5, 5.41) is 10.0. The van der Waals surface area contributed by atoms with Crippen LogP contribution in [0.25, 0.3) is 0 Å². The summed E-state index contributed by atoms with van der Waals surface area (Å²) in [6, 6.07) is 10.4. The average molecular weight is 232 g/mol. The molecule has 0 radical (unpaired) electrons. The minimum atomic E-state index is -0.226. The lowest BCUT2D eigenvalue weighted by atomic mass is 9.93. The minimum Gasteiger partial charge on any atom is -0.393 e. The lowest BCUT2D eigenvalue weighted by Gasteiger charge is -2.18. The van der Waals surface area contributed by atoms with Crippen LogP contribution in [-0.2, 0) is 6.42 Å². The van der Waals surface area contributed by atoms with E-state index < -0.39 is 0 Å². The third-order valence-corrected chi connectivity index (χ3v) is 3.23. The molecule has 0 fully saturated rings. The molecule has 0 amide bonds. The normalized spacial score (nSPS) is 14.2. The summed E-state index contributed by atoms with van der Waals surface area (Å²) in [5.74, 6) is 0.260. The second-order valence-electron chi connectivity index (χ2n) is 4.63. The van der Waals surface area contributed by atoms with Gasteiger partial charge in [-0.3, -0.25) is 0 Å². The maximum Gasteiger partial charge on any atom is 0.0602 e. The highest BCUT2D eigenvalue weighted by Crippen LogP contribution is 2.17. The molecule has 1 N–H and O–H groups in total. The van der Waals surface area contributed by atoms with Crippen LogP contribution in [0.5, 0.6) is 0 Å². The number of aliphatic hydroxyl groups excluding tert-OH is 1. The van der Waals surface area contributed by atoms with Crippen LogP contribution < -0.4 is 0 Å². The fourth-order valence-electron chi connectivity index (χ4n) is 2.17. The Bertz CT molecular complexity index is 305. The van der Waals surface area contributed by atoms with Gasteiger partial charge in [0, 0.05) is 5.92 Å². The van der Waals surface area contributed by atoms with Crippen LogP contribution >= 0.6 is 0 Å². The molecule has 0 heterocycles. The third-order valence-electron chi connectivity index (χ3n) is 3.23. The van der Waals surface area contributed by atoms with E-state index >= 15 is 0 Å². The highest BCUT2D eigenvalue weighted by atomic mass is 16.3. The zero-order valence-corrected chi connectivity index (χ0v) is 10.8. The van der Waals surface area contributed by atoms with Crippen LogP contribution in [0, 0.1) is 5.92 Å². The molecule has 17 heavy (non-hydrogen) atoms. The molecule has 1 heteroatoms. The Morgan fingerprint density at radius 1 is 1.24 bits per heavy atom. The van der Waals surface area contributed by atoms with E-state index in [9.17, 15) is 5.11 Å². The molecule has 0 aliphatic rings. The van der Waals surface area contributed by atoms with E-state index in [2.05, 4.69) is 37.8 Å². The Morgan fingerprint density at radius 3 is 2.53 bits per heavy atom. The van der Waals surface area contributed by atoms with Crippen molar-refractivity contribution in [2.75, 3.05) is 0 Å². The van der Waals surface area contributed by atoms with Gasteiger partial charge in [0.1, 0.15) is 0 Å². The van der Waals surface area contributed by atoms with E-state index in [1.54, 1.807) is 0 Å². The average Bonchev–Trinajstić information content (AvgIpc) is 2.37. The first kappa shape index (κ1) is 14.0. The molecule has 1 unspecified atom stereocenters. The fourth-order valence-corrected chi connectivity index (χ4v) is 2.17. The Kier molecular flexibility index (Phi) is 6.64. The van der Waals surface area contributed by atoms with Gasteiger partial charge < -0.3 is 5.11 Å². The largest absolute Gasteiger partial charge is 0.393 e. The third kappa shape index (κ3) is 5.18. The van der Waals surface area contributed by atoms with Gasteiger partial charge in [-0.1, -0.05) is 49.8 Å². The van der Waals surface area contributed by atoms with Crippen molar-refractivity contribution in [2.45, 2.75) is 45.1 Å². The van der Waals surface area contributed by atoms with Crippen LogP contribution in [0.1, 0.15) is 38.2 Å². The van der Waals surface area contributed by atoms with Crippen LogP contribution in [0.2, 0.25) is 0 Å². The maximum atomic E-state index is 10.0. The van der Waals surface area contributed by atoms with E-state index in [1.807, 2.05) is 12.1 Å². The van der Waals surface area contributed by atoms with E-state index in [4.69, 9.17) is 0 Å². The van der Waals surface area contributed by atoms with Crippen LogP contribution in [0.3, 0.4) is 0 Å². The molecule has 1 aromatic rings. The van der Waals surface area contributed by atoms with Crippen LogP contribution in [-0.4, -0.2) is 11.2 Å². The SMILES string of the molecule is C=CC(CCC)[C@@H](O)CCCc1ccccc1. The molecule has 2 atom stereocenters. The molecule has 0 saturated heterocycles. The van der Waals surface area contributed by atoms with Crippen molar-refractivity contribution in [2.24, 2.45) is 5.92 Å². The molecule has 1 aromatic carbocycles. The van der Waals surface area contributed by atoms with Crippen molar-refractivity contribution in [1.29, 1.82) is 0 Å². The molecule has 0 spiro atoms. The van der Waals surface area contributed by atoms with E-state index in [0.717, 1.165) is 32.1 Å². The van der Waals surface area contributed by atoms with Crippen molar-refractivity contribution >= 4 is 0 Å². The summed E-state index contributed by atoms with van der Waals surface area (Å²) in [7, 11) is 0. The first-order chi connectivity index (χ1) is 8.27. The van der Waals surface area contributed by atoms with Crippen LogP contribution in [0.4, 0.5) is 0 Å². The molecule has 0 aromatic heterocycles. The zero-order valence-electron chi connectivity index (χ0n) is 10.8. The number of hydrogen-bond acceptors (Lipinski definition) is 1. The Morgan fingerprint density at radius 2 is 1.94 bits per heavy atom. The molecule has 1 nitrogen and oxygen atoms in total. The predicted octanol–water partition coefficient (Wildman–Crippen LogP) is 3.97. The quantitative estimate of drug-likeness (QED) is 0.672. The summed E-state index contributed by atoms with van der Waals surface area (Å²) in [4.78, 5) is 0. The van der Waals surface area contributed by atoms with Crippen molar-refractivity contribution in [1.82, 2.24) is 0 Å². The molecule has 1 rings (SSSR count). The first-order valence-electron chi connectivity index (χ1n) is 6.62. The summed E-state index contributed by atoms with van der Waals surface area (Å²) in [5.41, 5.74) is 1.35. The zero-order chi connectivity index (χ0) is 12.5. The summed E-state index contributed by atoms with van der Waals surface area (Å²) in [6.45, 7) is 5.95. The number of hydrogen-bond donors (Lipinski definition) is 1. The van der Waals surface area contributed by atoms with Crippen molar-refractivity contribution in [3.63, 3.8) is 0 Å². The van der Waals surface area contributed by atoms with Gasteiger partial charge in [0.15, 0.2) is 0 Å². The fraction of sp³-hybridized carbons (Fsp3) is 0.500. The minimum absolute atomic E-state index is 0.226. The van der Waals surface area contributed by atoms with Crippen molar-refractivity contribution in [3.8, 4) is 0 Å². The number of aliphatic hydroxyl groups is 1. The maximum absolute atomic E-state index is 10.0. The standard InChI is InChI=1S/C16H24O/c1-3-9-15(4-2)16(17)13-8-12-14-10-6-5-7-11-14/h4-7,10-11,15-17H,2-3,8-9,12-13H2,1H3/t15?,16-/m0/s1. The smallest absolute Gasteiger partial charge is 0.0602 e. The summed E-state index contributed by atoms with van der Waals surface area (Å²) < 4.78 is 0. The van der Waals surface area contributed by atoms with Gasteiger partial charge in [0.05, 0.1) is 6.10 Å². The van der Waals surface area contributed by atoms with Crippen molar-refractivity contribution in [3.05, 3.63) is 48.6 Å². The number of aryl methyl sites for hydroxylation is 1. The molecule has 0 aliphatic carbocycles. The second kappa shape index (κ2) is 8.08. The first-order valence-corrected chi connectivity index (χ1v) is 6.62. The van der Waals surface area contributed by atoms with Crippen LogP contribution in [0.15, 0.2) is 43.0 Å². The van der Waals surface area contributed by atoms with E-state index in [-0.39, 0.29) is 12.0 Å². The topological polar surface area (TPSA) is 20.2 Å². The Balaban J connectivity index is 2.28. The van der Waals surface area contributed by atoms with Gasteiger partial charge in [-0.25, -0.2) is 0 Å². The summed E-state index contributed by atoms with van der Waals surface area (Å²) >= 11 is 0. The van der Waals surface area contributed by atoms with Crippen molar-refractivity contribution < 1.29 is 5.11 Å². The molecule has 0 saturated carbocycles. The van der Waals surface area contributed by atoms with Gasteiger partial charge in [-0.2, -0.15) is 0 Å². The summed E-state index contributed by atoms with van der Waals surface area (Å²) in [6.07, 6.45) is 6.77. The van der Waals surface area contributed by atoms with E-state index in [1.165, 1.54) is 5.56 Å². The van der Waals surface area contributed by atoms with Gasteiger partial charge in [-0.15, -0.1) is 6.58 Å². The highest BCUT2D eigenvalue weighted by molar-refractivity contribution is 5.14. The van der Waals surface area contributed by atoms with E-state index in [0.29, 0.717) is 0 Å². The van der Waals surface area contributed by atoms with Gasteiger partial charge in [-0.05, 0) is 31.2 Å². The number of rotatable bonds is 8. The highest BCUT2D eigenvalue weighted by Gasteiger charge is 2.14. The van der Waals surface area contributed by atoms with Gasteiger partial charge >= 0.3 is 0 Å². The lowest BCUT2D eigenvalue weighted by molar-refractivity contribution is 0.114. The monoisotopic (exact) mass is 232 g/mol. The Hall–Kier alpha value is -1.08.